The molecule has 1 aromatic carbocycles. The smallest absolute Gasteiger partial charge is 0.137 e. The van der Waals surface area contributed by atoms with Crippen LogP contribution in [0.4, 0.5) is 4.39 Å². The molecule has 0 aliphatic heterocycles. The van der Waals surface area contributed by atoms with E-state index in [1.54, 1.807) is 6.07 Å². The normalized spacial score (nSPS) is 15.2. The molecule has 14 heavy (non-hydrogen) atoms. The molecule has 0 spiro atoms. The molecule has 1 rings (SSSR count). The molecule has 0 bridgehead atoms. The fourth-order valence-corrected chi connectivity index (χ4v) is 1.60. The van der Waals surface area contributed by atoms with Gasteiger partial charge in [-0.05, 0) is 33.6 Å². The molecule has 1 aromatic rings. The minimum Gasteiger partial charge on any atom is -0.389 e. The van der Waals surface area contributed by atoms with Gasteiger partial charge >= 0.3 is 0 Å². The van der Waals surface area contributed by atoms with Crippen LogP contribution in [0.15, 0.2) is 22.7 Å². The second-order valence-electron chi connectivity index (χ2n) is 2.84. The van der Waals surface area contributed by atoms with Crippen LogP contribution in [-0.2, 0) is 0 Å². The zero-order chi connectivity index (χ0) is 10.7. The molecule has 2 unspecified atom stereocenters. The Bertz CT molecular complexity index is 320. The van der Waals surface area contributed by atoms with Crippen molar-refractivity contribution < 1.29 is 14.6 Å². The van der Waals surface area contributed by atoms with Crippen LogP contribution in [0.1, 0.15) is 11.7 Å². The van der Waals surface area contributed by atoms with E-state index in [9.17, 15) is 14.6 Å². The van der Waals surface area contributed by atoms with Crippen LogP contribution in [0.3, 0.4) is 0 Å². The fraction of sp³-hybridized carbons (Fsp3) is 0.333. The lowest BCUT2D eigenvalue weighted by Crippen LogP contribution is -2.19. The van der Waals surface area contributed by atoms with Crippen molar-refractivity contribution in [3.05, 3.63) is 34.1 Å². The number of rotatable bonds is 3. The van der Waals surface area contributed by atoms with E-state index >= 15 is 0 Å². The number of benzene rings is 1. The molecule has 0 saturated heterocycles. The van der Waals surface area contributed by atoms with Gasteiger partial charge in [-0.3, -0.25) is 0 Å². The topological polar surface area (TPSA) is 40.5 Å². The van der Waals surface area contributed by atoms with Gasteiger partial charge < -0.3 is 10.2 Å². The number of aliphatic hydroxyl groups excluding tert-OH is 2. The Morgan fingerprint density at radius 3 is 2.50 bits per heavy atom. The highest BCUT2D eigenvalue weighted by atomic mass is 79.9. The van der Waals surface area contributed by atoms with Crippen LogP contribution in [0.25, 0.3) is 0 Å². The maximum absolute atomic E-state index is 13.1. The monoisotopic (exact) mass is 326 g/mol. The summed E-state index contributed by atoms with van der Waals surface area (Å²) < 4.78 is 13.4. The Labute approximate surface area is 98.0 Å². The summed E-state index contributed by atoms with van der Waals surface area (Å²) in [5.41, 5.74) is 0.359. The van der Waals surface area contributed by atoms with Crippen LogP contribution in [0.5, 0.6) is 0 Å². The van der Waals surface area contributed by atoms with E-state index in [0.29, 0.717) is 10.0 Å². The van der Waals surface area contributed by atoms with Crippen molar-refractivity contribution in [2.45, 2.75) is 12.2 Å². The van der Waals surface area contributed by atoms with Gasteiger partial charge in [-0.1, -0.05) is 22.0 Å². The van der Waals surface area contributed by atoms with Gasteiger partial charge in [0.1, 0.15) is 11.9 Å². The summed E-state index contributed by atoms with van der Waals surface area (Å²) >= 11 is 6.04. The SMILES string of the molecule is OC(CBr)C(O)c1ccc(Br)c(F)c1. The number of hydrogen-bond acceptors (Lipinski definition) is 2. The van der Waals surface area contributed by atoms with Crippen molar-refractivity contribution in [3.8, 4) is 0 Å². The Morgan fingerprint density at radius 2 is 2.00 bits per heavy atom. The van der Waals surface area contributed by atoms with Crippen LogP contribution in [0, 0.1) is 5.82 Å². The van der Waals surface area contributed by atoms with Crippen molar-refractivity contribution in [1.29, 1.82) is 0 Å². The zero-order valence-electron chi connectivity index (χ0n) is 7.12. The second kappa shape index (κ2) is 5.21. The largest absolute Gasteiger partial charge is 0.389 e. The third kappa shape index (κ3) is 2.76. The molecular weight excluding hydrogens is 319 g/mol. The molecule has 0 amide bonds. The zero-order valence-corrected chi connectivity index (χ0v) is 10.3. The maximum atomic E-state index is 13.1. The Kier molecular flexibility index (Phi) is 4.50. The van der Waals surface area contributed by atoms with Crippen LogP contribution in [-0.4, -0.2) is 21.6 Å². The Balaban J connectivity index is 2.91. The first-order valence-electron chi connectivity index (χ1n) is 3.93. The van der Waals surface area contributed by atoms with Gasteiger partial charge in [0, 0.05) is 5.33 Å². The molecule has 0 aliphatic rings. The van der Waals surface area contributed by atoms with Crippen LogP contribution in [0.2, 0.25) is 0 Å². The minimum absolute atomic E-state index is 0.242. The van der Waals surface area contributed by atoms with Gasteiger partial charge in [0.25, 0.3) is 0 Å². The molecule has 0 fully saturated rings. The molecule has 2 N–H and O–H groups in total. The lowest BCUT2D eigenvalue weighted by atomic mass is 10.1. The summed E-state index contributed by atoms with van der Waals surface area (Å²) in [7, 11) is 0. The summed E-state index contributed by atoms with van der Waals surface area (Å²) in [6.07, 6.45) is -2.01. The predicted octanol–water partition coefficient (Wildman–Crippen LogP) is 2.38. The predicted molar refractivity (Wildman–Crippen MR) is 58.9 cm³/mol. The van der Waals surface area contributed by atoms with Crippen LogP contribution >= 0.6 is 31.9 Å². The van der Waals surface area contributed by atoms with Gasteiger partial charge in [0.2, 0.25) is 0 Å². The van der Waals surface area contributed by atoms with Crippen molar-refractivity contribution >= 4 is 31.9 Å². The van der Waals surface area contributed by atoms with Crippen molar-refractivity contribution in [1.82, 2.24) is 0 Å². The van der Waals surface area contributed by atoms with Crippen molar-refractivity contribution in [2.24, 2.45) is 0 Å². The Morgan fingerprint density at radius 1 is 1.36 bits per heavy atom. The van der Waals surface area contributed by atoms with Crippen molar-refractivity contribution in [3.63, 3.8) is 0 Å². The number of alkyl halides is 1. The third-order valence-corrected chi connectivity index (χ3v) is 3.11. The van der Waals surface area contributed by atoms with E-state index in [1.165, 1.54) is 12.1 Å². The van der Waals surface area contributed by atoms with Gasteiger partial charge in [-0.15, -0.1) is 0 Å². The molecular formula is C9H9Br2FO2. The van der Waals surface area contributed by atoms with Crippen molar-refractivity contribution in [2.75, 3.05) is 5.33 Å². The molecule has 0 heterocycles. The van der Waals surface area contributed by atoms with Gasteiger partial charge in [-0.25, -0.2) is 4.39 Å². The first-order chi connectivity index (χ1) is 6.56. The van der Waals surface area contributed by atoms with E-state index in [2.05, 4.69) is 31.9 Å². The second-order valence-corrected chi connectivity index (χ2v) is 4.34. The highest BCUT2D eigenvalue weighted by Gasteiger charge is 2.17. The summed E-state index contributed by atoms with van der Waals surface area (Å²) in [6.45, 7) is 0. The summed E-state index contributed by atoms with van der Waals surface area (Å²) in [6, 6.07) is 4.25. The molecule has 0 saturated carbocycles. The van der Waals surface area contributed by atoms with Gasteiger partial charge in [0.05, 0.1) is 10.6 Å². The summed E-state index contributed by atoms with van der Waals surface area (Å²) in [5.74, 6) is -0.455. The van der Waals surface area contributed by atoms with E-state index in [4.69, 9.17) is 0 Å². The first-order valence-corrected chi connectivity index (χ1v) is 5.84. The molecule has 0 aromatic heterocycles. The van der Waals surface area contributed by atoms with Gasteiger partial charge in [0.15, 0.2) is 0 Å². The van der Waals surface area contributed by atoms with E-state index in [0.717, 1.165) is 0 Å². The number of hydrogen-bond donors (Lipinski definition) is 2. The molecule has 78 valence electrons. The molecule has 0 radical (unpaired) electrons. The quantitative estimate of drug-likeness (QED) is 0.837. The first kappa shape index (κ1) is 12.1. The maximum Gasteiger partial charge on any atom is 0.137 e. The lowest BCUT2D eigenvalue weighted by molar-refractivity contribution is 0.0341. The standard InChI is InChI=1S/C9H9Br2FO2/c10-4-8(13)9(14)5-1-2-6(11)7(12)3-5/h1-3,8-9,13-14H,4H2. The Hall–Kier alpha value is 0.0300. The number of halogens is 3. The highest BCUT2D eigenvalue weighted by molar-refractivity contribution is 9.10. The third-order valence-electron chi connectivity index (χ3n) is 1.81. The molecule has 2 nitrogen and oxygen atoms in total. The van der Waals surface area contributed by atoms with Crippen LogP contribution < -0.4 is 0 Å². The van der Waals surface area contributed by atoms with Gasteiger partial charge in [-0.2, -0.15) is 0 Å². The molecule has 5 heteroatoms. The average Bonchev–Trinajstić information content (AvgIpc) is 2.20. The van der Waals surface area contributed by atoms with E-state index in [-0.39, 0.29) is 5.33 Å². The molecule has 0 aliphatic carbocycles. The highest BCUT2D eigenvalue weighted by Crippen LogP contribution is 2.23. The minimum atomic E-state index is -1.07. The van der Waals surface area contributed by atoms with E-state index < -0.39 is 18.0 Å². The summed E-state index contributed by atoms with van der Waals surface area (Å²) in [4.78, 5) is 0. The lowest BCUT2D eigenvalue weighted by Gasteiger charge is -2.15. The fourth-order valence-electron chi connectivity index (χ4n) is 1.00. The van der Waals surface area contributed by atoms with E-state index in [1.807, 2.05) is 0 Å². The average molecular weight is 328 g/mol. The summed E-state index contributed by atoms with van der Waals surface area (Å²) in [5, 5.41) is 19.1. The molecule has 2 atom stereocenters. The number of aliphatic hydroxyl groups is 2.